The van der Waals surface area contributed by atoms with Gasteiger partial charge in [-0.05, 0) is 30.5 Å². The maximum Gasteiger partial charge on any atom is 0.312 e. The second-order valence-electron chi connectivity index (χ2n) is 5.81. The van der Waals surface area contributed by atoms with Crippen LogP contribution in [0.15, 0.2) is 24.3 Å². The maximum atomic E-state index is 12.6. The second kappa shape index (κ2) is 5.85. The van der Waals surface area contributed by atoms with Gasteiger partial charge in [0.1, 0.15) is 0 Å². The molecule has 0 aliphatic carbocycles. The van der Waals surface area contributed by atoms with Crippen molar-refractivity contribution < 1.29 is 14.7 Å². The molecule has 1 amide bonds. The van der Waals surface area contributed by atoms with Crippen LogP contribution in [0.5, 0.6) is 0 Å². The lowest BCUT2D eigenvalue weighted by Crippen LogP contribution is -2.51. The number of rotatable bonds is 2. The summed E-state index contributed by atoms with van der Waals surface area (Å²) in [6.07, 6.45) is 3.00. The van der Waals surface area contributed by atoms with E-state index in [4.69, 9.17) is 0 Å². The average Bonchev–Trinajstić information content (AvgIpc) is 2.53. The number of nitrogens with zero attached hydrogens (tertiary/aromatic N) is 1. The van der Waals surface area contributed by atoms with Crippen molar-refractivity contribution in [3.8, 4) is 0 Å². The zero-order valence-corrected chi connectivity index (χ0v) is 11.9. The molecule has 2 aliphatic heterocycles. The predicted molar refractivity (Wildman–Crippen MR) is 77.9 cm³/mol. The summed E-state index contributed by atoms with van der Waals surface area (Å²) in [6.45, 7) is 1.64. The highest BCUT2D eigenvalue weighted by Gasteiger charge is 2.35. The van der Waals surface area contributed by atoms with Gasteiger partial charge in [-0.2, -0.15) is 0 Å². The Morgan fingerprint density at radius 3 is 2.76 bits per heavy atom. The number of nitrogens with one attached hydrogen (secondary N) is 1. The number of carboxylic acid groups (broad SMARTS) is 1. The fourth-order valence-electron chi connectivity index (χ4n) is 3.27. The molecule has 2 heterocycles. The monoisotopic (exact) mass is 288 g/mol. The van der Waals surface area contributed by atoms with Crippen LogP contribution in [0.4, 0.5) is 0 Å². The van der Waals surface area contributed by atoms with Gasteiger partial charge in [-0.3, -0.25) is 9.59 Å². The summed E-state index contributed by atoms with van der Waals surface area (Å²) in [6, 6.07) is 7.37. The van der Waals surface area contributed by atoms with Crippen molar-refractivity contribution in [1.82, 2.24) is 10.2 Å². The molecular formula is C16H20N2O3. The number of carbonyl (C=O) groups is 2. The summed E-state index contributed by atoms with van der Waals surface area (Å²) < 4.78 is 0. The van der Waals surface area contributed by atoms with E-state index in [0.29, 0.717) is 6.54 Å². The van der Waals surface area contributed by atoms with Crippen LogP contribution in [0.2, 0.25) is 0 Å². The van der Waals surface area contributed by atoms with E-state index in [-0.39, 0.29) is 18.5 Å². The summed E-state index contributed by atoms with van der Waals surface area (Å²) in [5.41, 5.74) is 1.78. The van der Waals surface area contributed by atoms with Crippen LogP contribution in [-0.2, 0) is 16.1 Å². The number of amides is 1. The van der Waals surface area contributed by atoms with Crippen LogP contribution in [0.25, 0.3) is 0 Å². The number of aliphatic carboxylic acids is 1. The van der Waals surface area contributed by atoms with Gasteiger partial charge in [0.15, 0.2) is 0 Å². The Hall–Kier alpha value is -1.88. The molecule has 5 nitrogen and oxygen atoms in total. The van der Waals surface area contributed by atoms with E-state index in [1.54, 1.807) is 4.90 Å². The lowest BCUT2D eigenvalue weighted by Gasteiger charge is -2.36. The number of fused-ring (bicyclic) bond motifs is 1. The lowest BCUT2D eigenvalue weighted by atomic mass is 9.89. The minimum Gasteiger partial charge on any atom is -0.481 e. The first-order valence-corrected chi connectivity index (χ1v) is 7.49. The van der Waals surface area contributed by atoms with Crippen LogP contribution in [0.3, 0.4) is 0 Å². The normalized spacial score (nSPS) is 25.2. The molecule has 21 heavy (non-hydrogen) atoms. The van der Waals surface area contributed by atoms with Crippen molar-refractivity contribution in [1.29, 1.82) is 0 Å². The third kappa shape index (κ3) is 2.78. The first-order chi connectivity index (χ1) is 10.2. The zero-order valence-electron chi connectivity index (χ0n) is 11.9. The fourth-order valence-corrected chi connectivity index (χ4v) is 3.27. The first-order valence-electron chi connectivity index (χ1n) is 7.49. The molecule has 2 atom stereocenters. The van der Waals surface area contributed by atoms with Gasteiger partial charge >= 0.3 is 5.97 Å². The highest BCUT2D eigenvalue weighted by molar-refractivity contribution is 5.84. The molecule has 0 radical (unpaired) electrons. The van der Waals surface area contributed by atoms with E-state index in [1.807, 2.05) is 24.3 Å². The number of hydrogen-bond donors (Lipinski definition) is 2. The van der Waals surface area contributed by atoms with Crippen molar-refractivity contribution >= 4 is 11.9 Å². The van der Waals surface area contributed by atoms with Crippen molar-refractivity contribution in [2.75, 3.05) is 13.1 Å². The fraction of sp³-hybridized carbons (Fsp3) is 0.500. The minimum atomic E-state index is -0.864. The van der Waals surface area contributed by atoms with E-state index < -0.39 is 11.9 Å². The van der Waals surface area contributed by atoms with Crippen molar-refractivity contribution in [2.24, 2.45) is 0 Å². The topological polar surface area (TPSA) is 69.6 Å². The van der Waals surface area contributed by atoms with Crippen molar-refractivity contribution in [2.45, 2.75) is 37.8 Å². The van der Waals surface area contributed by atoms with Gasteiger partial charge in [0, 0.05) is 13.1 Å². The van der Waals surface area contributed by atoms with Gasteiger partial charge in [-0.25, -0.2) is 0 Å². The number of carbonyl (C=O) groups excluding carboxylic acids is 1. The molecule has 0 saturated carbocycles. The Morgan fingerprint density at radius 1 is 1.24 bits per heavy atom. The van der Waals surface area contributed by atoms with Gasteiger partial charge in [0.2, 0.25) is 5.91 Å². The molecule has 1 fully saturated rings. The molecule has 3 rings (SSSR count). The van der Waals surface area contributed by atoms with Crippen LogP contribution >= 0.6 is 0 Å². The summed E-state index contributed by atoms with van der Waals surface area (Å²) in [5, 5.41) is 12.7. The molecule has 5 heteroatoms. The number of hydrogen-bond acceptors (Lipinski definition) is 3. The lowest BCUT2D eigenvalue weighted by molar-refractivity contribution is -0.142. The molecule has 2 unspecified atom stereocenters. The molecule has 112 valence electrons. The molecular weight excluding hydrogens is 268 g/mol. The Balaban J connectivity index is 1.82. The molecule has 1 aromatic rings. The molecule has 0 bridgehead atoms. The number of carboxylic acids is 1. The Kier molecular flexibility index (Phi) is 3.92. The van der Waals surface area contributed by atoms with Gasteiger partial charge in [-0.1, -0.05) is 30.7 Å². The Labute approximate surface area is 123 Å². The van der Waals surface area contributed by atoms with E-state index in [1.165, 1.54) is 0 Å². The van der Waals surface area contributed by atoms with Crippen LogP contribution in [0, 0.1) is 0 Å². The van der Waals surface area contributed by atoms with E-state index in [0.717, 1.165) is 36.9 Å². The van der Waals surface area contributed by atoms with Gasteiger partial charge in [0.05, 0.1) is 12.0 Å². The highest BCUT2D eigenvalue weighted by Crippen LogP contribution is 2.29. The summed E-state index contributed by atoms with van der Waals surface area (Å²) in [5.74, 6) is -1.45. The SMILES string of the molecule is O=C(O)C1CN(C(=O)C2CCCCN2)Cc2ccccc21. The Morgan fingerprint density at radius 2 is 2.05 bits per heavy atom. The standard InChI is InChI=1S/C16H20N2O3/c19-15(14-7-3-4-8-17-14)18-9-11-5-1-2-6-12(11)13(10-18)16(20)21/h1-2,5-6,13-14,17H,3-4,7-10H2,(H,20,21). The largest absolute Gasteiger partial charge is 0.481 e. The van der Waals surface area contributed by atoms with Crippen molar-refractivity contribution in [3.63, 3.8) is 0 Å². The summed E-state index contributed by atoms with van der Waals surface area (Å²) in [7, 11) is 0. The molecule has 0 aromatic heterocycles. The smallest absolute Gasteiger partial charge is 0.312 e. The van der Waals surface area contributed by atoms with Gasteiger partial charge in [-0.15, -0.1) is 0 Å². The van der Waals surface area contributed by atoms with Crippen LogP contribution < -0.4 is 5.32 Å². The number of benzene rings is 1. The third-order valence-corrected chi connectivity index (χ3v) is 4.41. The van der Waals surface area contributed by atoms with Crippen molar-refractivity contribution in [3.05, 3.63) is 35.4 Å². The average molecular weight is 288 g/mol. The molecule has 1 aromatic carbocycles. The quantitative estimate of drug-likeness (QED) is 0.861. The maximum absolute atomic E-state index is 12.6. The third-order valence-electron chi connectivity index (χ3n) is 4.41. The van der Waals surface area contributed by atoms with Crippen LogP contribution in [-0.4, -0.2) is 41.0 Å². The predicted octanol–water partition coefficient (Wildman–Crippen LogP) is 1.34. The summed E-state index contributed by atoms with van der Waals surface area (Å²) >= 11 is 0. The molecule has 1 saturated heterocycles. The molecule has 2 aliphatic rings. The number of piperidine rings is 1. The van der Waals surface area contributed by atoms with E-state index in [9.17, 15) is 14.7 Å². The summed E-state index contributed by atoms with van der Waals surface area (Å²) in [4.78, 5) is 25.8. The second-order valence-corrected chi connectivity index (χ2v) is 5.81. The van der Waals surface area contributed by atoms with E-state index >= 15 is 0 Å². The molecule has 0 spiro atoms. The first kappa shape index (κ1) is 14.1. The minimum absolute atomic E-state index is 0.0375. The Bertz CT molecular complexity index is 552. The van der Waals surface area contributed by atoms with Gasteiger partial charge < -0.3 is 15.3 Å². The van der Waals surface area contributed by atoms with Gasteiger partial charge in [0.25, 0.3) is 0 Å². The molecule has 2 N–H and O–H groups in total. The zero-order chi connectivity index (χ0) is 14.8. The van der Waals surface area contributed by atoms with E-state index in [2.05, 4.69) is 5.32 Å². The van der Waals surface area contributed by atoms with Crippen LogP contribution in [0.1, 0.15) is 36.3 Å². The highest BCUT2D eigenvalue weighted by atomic mass is 16.4.